The Hall–Kier alpha value is -2.98. The number of nitrogens with two attached hydrogens (primary N) is 1. The molecule has 3 atom stereocenters. The topological polar surface area (TPSA) is 139 Å². The molecule has 6 N–H and O–H groups in total. The Labute approximate surface area is 226 Å². The Morgan fingerprint density at radius 3 is 2.58 bits per heavy atom. The van der Waals surface area contributed by atoms with Crippen LogP contribution in [0.5, 0.6) is 0 Å². The number of aryl methyl sites for hydroxylation is 1. The van der Waals surface area contributed by atoms with E-state index in [1.54, 1.807) is 12.1 Å². The maximum atomic E-state index is 12.3. The zero-order valence-corrected chi connectivity index (χ0v) is 23.3. The SMILES string of the molecule is CONC(=O)c1ccc(C)c(Nc2nc(NCC3CCCC(CN)C3)nc(NC3CCCCC3(C)C)n2)c1. The molecule has 38 heavy (non-hydrogen) atoms. The van der Waals surface area contributed by atoms with E-state index in [0.29, 0.717) is 35.2 Å². The van der Waals surface area contributed by atoms with Crippen molar-refractivity contribution in [1.29, 1.82) is 0 Å². The number of hydrogen-bond acceptors (Lipinski definition) is 9. The van der Waals surface area contributed by atoms with Gasteiger partial charge in [0.2, 0.25) is 17.8 Å². The molecule has 10 nitrogen and oxygen atoms in total. The molecule has 2 aliphatic carbocycles. The lowest BCUT2D eigenvalue weighted by Gasteiger charge is -2.39. The Morgan fingerprint density at radius 2 is 1.82 bits per heavy atom. The highest BCUT2D eigenvalue weighted by Crippen LogP contribution is 2.37. The minimum absolute atomic E-state index is 0.158. The molecule has 0 radical (unpaired) electrons. The summed E-state index contributed by atoms with van der Waals surface area (Å²) in [6.07, 6.45) is 9.47. The van der Waals surface area contributed by atoms with Gasteiger partial charge in [-0.05, 0) is 80.5 Å². The van der Waals surface area contributed by atoms with Gasteiger partial charge in [-0.1, -0.05) is 39.2 Å². The average molecular weight is 525 g/mol. The van der Waals surface area contributed by atoms with Gasteiger partial charge in [-0.25, -0.2) is 5.48 Å². The van der Waals surface area contributed by atoms with Crippen LogP contribution in [0, 0.1) is 24.2 Å². The molecule has 0 saturated heterocycles. The number of benzene rings is 1. The number of nitrogens with zero attached hydrogens (tertiary/aromatic N) is 3. The standard InChI is InChI=1S/C28H44N8O2/c1-18-11-12-21(24(37)36-38-4)15-22(18)31-26-33-25(30-17-20-9-7-8-19(14-20)16-29)34-27(35-26)32-23-10-5-6-13-28(23,2)3/h11-12,15,19-20,23H,5-10,13-14,16-17,29H2,1-4H3,(H,36,37)(H3,30,31,32,33,34,35). The summed E-state index contributed by atoms with van der Waals surface area (Å²) in [6.45, 7) is 8.14. The zero-order chi connectivity index (χ0) is 27.1. The van der Waals surface area contributed by atoms with Gasteiger partial charge in [0, 0.05) is 23.8 Å². The third-order valence-corrected chi connectivity index (χ3v) is 8.16. The number of nitrogens with one attached hydrogen (secondary N) is 4. The number of carbonyl (C=O) groups is 1. The van der Waals surface area contributed by atoms with Gasteiger partial charge in [0.1, 0.15) is 0 Å². The fourth-order valence-corrected chi connectivity index (χ4v) is 5.70. The van der Waals surface area contributed by atoms with Gasteiger partial charge in [-0.2, -0.15) is 15.0 Å². The maximum absolute atomic E-state index is 12.3. The summed E-state index contributed by atoms with van der Waals surface area (Å²) in [5, 5.41) is 10.4. The predicted octanol–water partition coefficient (Wildman–Crippen LogP) is 4.77. The first kappa shape index (κ1) is 28.0. The van der Waals surface area contributed by atoms with Crippen LogP contribution in [0.25, 0.3) is 0 Å². The average Bonchev–Trinajstić information content (AvgIpc) is 2.90. The molecule has 2 aliphatic rings. The van der Waals surface area contributed by atoms with Crippen LogP contribution in [0.4, 0.5) is 23.5 Å². The Morgan fingerprint density at radius 1 is 1.05 bits per heavy atom. The molecule has 1 aromatic heterocycles. The largest absolute Gasteiger partial charge is 0.354 e. The van der Waals surface area contributed by atoms with E-state index in [1.807, 2.05) is 13.0 Å². The van der Waals surface area contributed by atoms with Crippen LogP contribution >= 0.6 is 0 Å². The summed E-state index contributed by atoms with van der Waals surface area (Å²) in [7, 11) is 1.41. The van der Waals surface area contributed by atoms with Gasteiger partial charge < -0.3 is 21.7 Å². The molecular weight excluding hydrogens is 480 g/mol. The van der Waals surface area contributed by atoms with Gasteiger partial charge in [0.15, 0.2) is 0 Å². The number of hydrogen-bond donors (Lipinski definition) is 5. The predicted molar refractivity (Wildman–Crippen MR) is 151 cm³/mol. The number of amides is 1. The first-order chi connectivity index (χ1) is 18.3. The summed E-state index contributed by atoms with van der Waals surface area (Å²) in [5.41, 5.74) is 10.7. The summed E-state index contributed by atoms with van der Waals surface area (Å²) < 4.78 is 0. The Kier molecular flexibility index (Phi) is 9.38. The molecule has 0 spiro atoms. The summed E-state index contributed by atoms with van der Waals surface area (Å²) in [5.74, 6) is 2.35. The highest BCUT2D eigenvalue weighted by molar-refractivity contribution is 5.94. The molecule has 3 unspecified atom stereocenters. The number of hydroxylamine groups is 1. The molecule has 0 bridgehead atoms. The molecule has 2 aromatic rings. The van der Waals surface area contributed by atoms with Crippen LogP contribution in [0.1, 0.15) is 81.1 Å². The second-order valence-electron chi connectivity index (χ2n) is 11.5. The summed E-state index contributed by atoms with van der Waals surface area (Å²) in [4.78, 5) is 31.3. The van der Waals surface area contributed by atoms with Gasteiger partial charge in [-0.15, -0.1) is 0 Å². The van der Waals surface area contributed by atoms with E-state index in [4.69, 9.17) is 25.5 Å². The van der Waals surface area contributed by atoms with Crippen molar-refractivity contribution in [2.45, 2.75) is 78.2 Å². The second-order valence-corrected chi connectivity index (χ2v) is 11.5. The number of rotatable bonds is 10. The highest BCUT2D eigenvalue weighted by Gasteiger charge is 2.33. The fourth-order valence-electron chi connectivity index (χ4n) is 5.70. The van der Waals surface area contributed by atoms with Crippen LogP contribution in [-0.2, 0) is 4.84 Å². The molecule has 208 valence electrons. The number of carbonyl (C=O) groups excluding carboxylic acids is 1. The highest BCUT2D eigenvalue weighted by atomic mass is 16.6. The van der Waals surface area contributed by atoms with Gasteiger partial charge in [0.05, 0.1) is 7.11 Å². The number of anilines is 4. The van der Waals surface area contributed by atoms with Crippen LogP contribution in [0.15, 0.2) is 18.2 Å². The van der Waals surface area contributed by atoms with E-state index >= 15 is 0 Å². The van der Waals surface area contributed by atoms with E-state index in [-0.39, 0.29) is 17.4 Å². The smallest absolute Gasteiger partial charge is 0.274 e. The lowest BCUT2D eigenvalue weighted by molar-refractivity contribution is 0.0537. The van der Waals surface area contributed by atoms with Crippen molar-refractivity contribution in [3.63, 3.8) is 0 Å². The first-order valence-corrected chi connectivity index (χ1v) is 13.9. The van der Waals surface area contributed by atoms with Crippen LogP contribution in [-0.4, -0.2) is 47.1 Å². The first-order valence-electron chi connectivity index (χ1n) is 13.9. The van der Waals surface area contributed by atoms with Crippen LogP contribution in [0.2, 0.25) is 0 Å². The quantitative estimate of drug-likeness (QED) is 0.278. The molecule has 1 aromatic carbocycles. The van der Waals surface area contributed by atoms with Crippen molar-refractivity contribution >= 4 is 29.4 Å². The van der Waals surface area contributed by atoms with Crippen LogP contribution < -0.4 is 27.2 Å². The Bertz CT molecular complexity index is 1090. The van der Waals surface area contributed by atoms with E-state index in [0.717, 1.165) is 37.2 Å². The minimum Gasteiger partial charge on any atom is -0.354 e. The van der Waals surface area contributed by atoms with Crippen molar-refractivity contribution < 1.29 is 9.63 Å². The van der Waals surface area contributed by atoms with E-state index in [2.05, 4.69) is 35.3 Å². The molecule has 1 amide bonds. The molecular formula is C28H44N8O2. The number of aromatic nitrogens is 3. The van der Waals surface area contributed by atoms with Gasteiger partial charge >= 0.3 is 0 Å². The monoisotopic (exact) mass is 524 g/mol. The maximum Gasteiger partial charge on any atom is 0.274 e. The van der Waals surface area contributed by atoms with Crippen molar-refractivity contribution in [3.05, 3.63) is 29.3 Å². The molecule has 1 heterocycles. The van der Waals surface area contributed by atoms with Crippen LogP contribution in [0.3, 0.4) is 0 Å². The van der Waals surface area contributed by atoms with E-state index < -0.39 is 0 Å². The van der Waals surface area contributed by atoms with E-state index in [1.165, 1.54) is 45.6 Å². The molecule has 2 saturated carbocycles. The Balaban J connectivity index is 1.57. The van der Waals surface area contributed by atoms with Crippen molar-refractivity contribution in [1.82, 2.24) is 20.4 Å². The third-order valence-electron chi connectivity index (χ3n) is 8.16. The van der Waals surface area contributed by atoms with Crippen molar-refractivity contribution in [2.24, 2.45) is 23.0 Å². The van der Waals surface area contributed by atoms with Crippen molar-refractivity contribution in [3.8, 4) is 0 Å². The minimum atomic E-state index is -0.321. The summed E-state index contributed by atoms with van der Waals surface area (Å²) >= 11 is 0. The lowest BCUT2D eigenvalue weighted by atomic mass is 9.73. The molecule has 4 rings (SSSR count). The zero-order valence-electron chi connectivity index (χ0n) is 23.3. The van der Waals surface area contributed by atoms with E-state index in [9.17, 15) is 4.79 Å². The third kappa shape index (κ3) is 7.32. The van der Waals surface area contributed by atoms with Gasteiger partial charge in [-0.3, -0.25) is 9.63 Å². The molecule has 0 aliphatic heterocycles. The second kappa shape index (κ2) is 12.7. The summed E-state index contributed by atoms with van der Waals surface area (Å²) in [6, 6.07) is 5.69. The normalized spacial score (nSPS) is 22.9. The molecule has 10 heteroatoms. The van der Waals surface area contributed by atoms with Gasteiger partial charge in [0.25, 0.3) is 5.91 Å². The lowest BCUT2D eigenvalue weighted by Crippen LogP contribution is -2.39. The fraction of sp³-hybridized carbons (Fsp3) is 0.643. The molecule has 2 fully saturated rings. The van der Waals surface area contributed by atoms with Crippen molar-refractivity contribution in [2.75, 3.05) is 36.1 Å².